The highest BCUT2D eigenvalue weighted by atomic mass is 19.3. The lowest BCUT2D eigenvalue weighted by molar-refractivity contribution is 0.150. The van der Waals surface area contributed by atoms with Gasteiger partial charge in [0.1, 0.15) is 0 Å². The lowest BCUT2D eigenvalue weighted by atomic mass is 10.2. The summed E-state index contributed by atoms with van der Waals surface area (Å²) in [5.74, 6) is 1.23. The van der Waals surface area contributed by atoms with Crippen molar-refractivity contribution in [3.63, 3.8) is 0 Å². The fourth-order valence-corrected chi connectivity index (χ4v) is 1.69. The van der Waals surface area contributed by atoms with E-state index in [-0.39, 0.29) is 17.2 Å². The van der Waals surface area contributed by atoms with E-state index in [1.54, 1.807) is 14.0 Å². The molecule has 1 heterocycles. The summed E-state index contributed by atoms with van der Waals surface area (Å²) in [5.41, 5.74) is -0.126. The van der Waals surface area contributed by atoms with Gasteiger partial charge in [-0.25, -0.2) is 18.7 Å². The number of halogens is 2. The lowest BCUT2D eigenvalue weighted by Gasteiger charge is -2.13. The summed E-state index contributed by atoms with van der Waals surface area (Å²) in [7, 11) is 1.68. The van der Waals surface area contributed by atoms with Gasteiger partial charge in [0.25, 0.3) is 12.3 Å². The summed E-state index contributed by atoms with van der Waals surface area (Å²) in [6, 6.07) is 3.98. The van der Waals surface area contributed by atoms with Crippen LogP contribution in [0.1, 0.15) is 18.9 Å². The molecule has 0 saturated heterocycles. The topological polar surface area (TPSA) is 56.3 Å². The van der Waals surface area contributed by atoms with Crippen LogP contribution >= 0.6 is 0 Å². The van der Waals surface area contributed by atoms with E-state index in [0.29, 0.717) is 18.2 Å². The molecule has 0 saturated carbocycles. The Labute approximate surface area is 120 Å². The van der Waals surface area contributed by atoms with Crippen LogP contribution in [-0.4, -0.2) is 23.6 Å². The molecule has 0 spiro atoms. The van der Waals surface area contributed by atoms with E-state index in [1.165, 1.54) is 30.6 Å². The molecule has 0 bridgehead atoms. The van der Waals surface area contributed by atoms with Crippen molar-refractivity contribution in [2.24, 2.45) is 0 Å². The number of ether oxygens (including phenoxy) is 2. The maximum atomic E-state index is 12.7. The molecular formula is C14H15F2N3O2. The van der Waals surface area contributed by atoms with Crippen LogP contribution in [0.5, 0.6) is 17.4 Å². The molecule has 2 rings (SSSR count). The molecule has 112 valence electrons. The van der Waals surface area contributed by atoms with Crippen LogP contribution in [0.2, 0.25) is 0 Å². The second kappa shape index (κ2) is 6.83. The number of nitrogens with zero attached hydrogens (tertiary/aromatic N) is 2. The quantitative estimate of drug-likeness (QED) is 0.881. The van der Waals surface area contributed by atoms with Gasteiger partial charge < -0.3 is 14.8 Å². The molecular weight excluding hydrogens is 280 g/mol. The molecule has 0 aliphatic heterocycles. The van der Waals surface area contributed by atoms with Crippen molar-refractivity contribution in [1.29, 1.82) is 0 Å². The maximum Gasteiger partial charge on any atom is 0.263 e. The third kappa shape index (κ3) is 3.56. The predicted octanol–water partition coefficient (Wildman–Crippen LogP) is 3.65. The minimum absolute atomic E-state index is 0.126. The Kier molecular flexibility index (Phi) is 4.86. The lowest BCUT2D eigenvalue weighted by Crippen LogP contribution is -2.01. The number of benzene rings is 1. The minimum atomic E-state index is -2.57. The molecule has 1 N–H and O–H groups in total. The minimum Gasteiger partial charge on any atom is -0.490 e. The van der Waals surface area contributed by atoms with Crippen molar-refractivity contribution >= 4 is 5.82 Å². The van der Waals surface area contributed by atoms with Crippen LogP contribution in [0.15, 0.2) is 30.6 Å². The number of alkyl halides is 2. The molecule has 1 aromatic heterocycles. The van der Waals surface area contributed by atoms with Crippen LogP contribution in [0.4, 0.5) is 14.6 Å². The molecule has 0 amide bonds. The van der Waals surface area contributed by atoms with Crippen molar-refractivity contribution in [2.45, 2.75) is 13.3 Å². The van der Waals surface area contributed by atoms with E-state index in [2.05, 4.69) is 15.3 Å². The molecule has 0 unspecified atom stereocenters. The number of hydrogen-bond acceptors (Lipinski definition) is 5. The second-order valence-corrected chi connectivity index (χ2v) is 4.00. The summed E-state index contributed by atoms with van der Waals surface area (Å²) in [6.07, 6.45) is 0.425. The van der Waals surface area contributed by atoms with Crippen LogP contribution in [0, 0.1) is 0 Å². The zero-order valence-electron chi connectivity index (χ0n) is 11.6. The average Bonchev–Trinajstić information content (AvgIpc) is 2.49. The summed E-state index contributed by atoms with van der Waals surface area (Å²) >= 11 is 0. The molecule has 0 aliphatic carbocycles. The van der Waals surface area contributed by atoms with Crippen LogP contribution < -0.4 is 14.8 Å². The van der Waals surface area contributed by atoms with Crippen molar-refractivity contribution in [3.8, 4) is 17.4 Å². The first-order chi connectivity index (χ1) is 10.2. The number of hydrogen-bond donors (Lipinski definition) is 1. The Hall–Kier alpha value is -2.44. The summed E-state index contributed by atoms with van der Waals surface area (Å²) < 4.78 is 36.4. The van der Waals surface area contributed by atoms with Gasteiger partial charge in [-0.2, -0.15) is 0 Å². The second-order valence-electron chi connectivity index (χ2n) is 4.00. The zero-order chi connectivity index (χ0) is 15.2. The maximum absolute atomic E-state index is 12.7. The highest BCUT2D eigenvalue weighted by Gasteiger charge is 2.15. The molecule has 1 aromatic carbocycles. The average molecular weight is 295 g/mol. The van der Waals surface area contributed by atoms with Gasteiger partial charge in [0, 0.05) is 25.0 Å². The Morgan fingerprint density at radius 3 is 2.62 bits per heavy atom. The van der Waals surface area contributed by atoms with Crippen molar-refractivity contribution in [2.75, 3.05) is 19.0 Å². The van der Waals surface area contributed by atoms with Gasteiger partial charge in [0.15, 0.2) is 17.3 Å². The van der Waals surface area contributed by atoms with Crippen molar-refractivity contribution in [1.82, 2.24) is 9.97 Å². The summed E-state index contributed by atoms with van der Waals surface area (Å²) in [6.45, 7) is 2.10. The molecule has 5 nitrogen and oxygen atoms in total. The molecule has 0 radical (unpaired) electrons. The molecule has 7 heteroatoms. The number of anilines is 1. The van der Waals surface area contributed by atoms with E-state index in [4.69, 9.17) is 9.47 Å². The Morgan fingerprint density at radius 1 is 1.19 bits per heavy atom. The Bertz CT molecular complexity index is 609. The predicted molar refractivity (Wildman–Crippen MR) is 74.2 cm³/mol. The van der Waals surface area contributed by atoms with Gasteiger partial charge in [-0.1, -0.05) is 0 Å². The molecule has 0 aliphatic rings. The van der Waals surface area contributed by atoms with Crippen LogP contribution in [-0.2, 0) is 0 Å². The number of nitrogens with one attached hydrogen (secondary N) is 1. The highest BCUT2D eigenvalue weighted by Crippen LogP contribution is 2.35. The van der Waals surface area contributed by atoms with Crippen molar-refractivity contribution < 1.29 is 18.3 Å². The first-order valence-electron chi connectivity index (χ1n) is 6.37. The fraction of sp³-hybridized carbons (Fsp3) is 0.286. The molecule has 0 atom stereocenters. The smallest absolute Gasteiger partial charge is 0.263 e. The van der Waals surface area contributed by atoms with Gasteiger partial charge >= 0.3 is 0 Å². The number of aromatic nitrogens is 2. The third-order valence-electron chi connectivity index (χ3n) is 2.63. The standard InChI is InChI=1S/C14H15F2N3O2/c1-3-20-11-8-9(12(15)16)4-5-10(11)21-14-13(17-2)18-6-7-19-14/h4-8,12H,3H2,1-2H3,(H,17,18). The molecule has 21 heavy (non-hydrogen) atoms. The van der Waals surface area contributed by atoms with E-state index in [9.17, 15) is 8.78 Å². The zero-order valence-corrected chi connectivity index (χ0v) is 11.6. The van der Waals surface area contributed by atoms with Gasteiger partial charge in [0.05, 0.1) is 6.61 Å². The normalized spacial score (nSPS) is 10.5. The highest BCUT2D eigenvalue weighted by molar-refractivity contribution is 5.50. The SMILES string of the molecule is CCOc1cc(C(F)F)ccc1Oc1nccnc1NC. The fourth-order valence-electron chi connectivity index (χ4n) is 1.69. The Morgan fingerprint density at radius 2 is 1.95 bits per heavy atom. The van der Waals surface area contributed by atoms with Gasteiger partial charge in [0.2, 0.25) is 0 Å². The van der Waals surface area contributed by atoms with Crippen molar-refractivity contribution in [3.05, 3.63) is 36.2 Å². The number of rotatable bonds is 6. The first-order valence-corrected chi connectivity index (χ1v) is 6.37. The van der Waals surface area contributed by atoms with Gasteiger partial charge in [-0.3, -0.25) is 0 Å². The van der Waals surface area contributed by atoms with Gasteiger partial charge in [-0.15, -0.1) is 0 Å². The van der Waals surface area contributed by atoms with Crippen LogP contribution in [0.3, 0.4) is 0 Å². The summed E-state index contributed by atoms with van der Waals surface area (Å²) in [4.78, 5) is 8.11. The molecule has 0 fully saturated rings. The Balaban J connectivity index is 2.34. The first kappa shape index (κ1) is 15.0. The van der Waals surface area contributed by atoms with Crippen LogP contribution in [0.25, 0.3) is 0 Å². The molecule has 2 aromatic rings. The summed E-state index contributed by atoms with van der Waals surface area (Å²) in [5, 5.41) is 2.84. The van der Waals surface area contributed by atoms with E-state index in [1.807, 2.05) is 0 Å². The van der Waals surface area contributed by atoms with E-state index < -0.39 is 6.43 Å². The largest absolute Gasteiger partial charge is 0.490 e. The van der Waals surface area contributed by atoms with E-state index >= 15 is 0 Å². The monoisotopic (exact) mass is 295 g/mol. The van der Waals surface area contributed by atoms with E-state index in [0.717, 1.165) is 0 Å². The third-order valence-corrected chi connectivity index (χ3v) is 2.63. The van der Waals surface area contributed by atoms with Gasteiger partial charge in [-0.05, 0) is 25.1 Å².